The number of carbonyl (C=O) groups is 2. The second kappa shape index (κ2) is 10.4. The van der Waals surface area contributed by atoms with Gasteiger partial charge in [-0.15, -0.1) is 0 Å². The van der Waals surface area contributed by atoms with E-state index >= 15 is 0 Å². The van der Waals surface area contributed by atoms with Crippen LogP contribution in [0.5, 0.6) is 0 Å². The predicted octanol–water partition coefficient (Wildman–Crippen LogP) is 4.23. The minimum Gasteiger partial charge on any atom is -0.350 e. The predicted molar refractivity (Wildman–Crippen MR) is 118 cm³/mol. The smallest absolute Gasteiger partial charge is 0.244 e. The molecule has 0 radical (unpaired) electrons. The van der Waals surface area contributed by atoms with Crippen LogP contribution in [0.15, 0.2) is 54.6 Å². The average molecular weight is 432 g/mol. The van der Waals surface area contributed by atoms with E-state index in [9.17, 15) is 9.59 Å². The number of nitrogens with zero attached hydrogens (tertiary/aromatic N) is 1. The van der Waals surface area contributed by atoms with Gasteiger partial charge in [0, 0.05) is 30.9 Å². The number of hydrogen-bond acceptors (Lipinski definition) is 3. The number of carbonyl (C=O) groups excluding carboxylic acids is 2. The molecule has 29 heavy (non-hydrogen) atoms. The van der Waals surface area contributed by atoms with Gasteiger partial charge in [-0.25, -0.2) is 0 Å². The highest BCUT2D eigenvalue weighted by molar-refractivity contribution is 6.42. The van der Waals surface area contributed by atoms with E-state index in [0.29, 0.717) is 22.2 Å². The molecule has 1 heterocycles. The SMILES string of the molecule is O=C(/C=C/c1cccc(Cl)c1Cl)NC1CCN(CC(=O)Nc2ccccc2)CC1. The minimum atomic E-state index is -0.165. The third-order valence-electron chi connectivity index (χ3n) is 4.75. The Balaban J connectivity index is 1.41. The van der Waals surface area contributed by atoms with Gasteiger partial charge in [0.1, 0.15) is 0 Å². The number of nitrogens with one attached hydrogen (secondary N) is 2. The Kier molecular flexibility index (Phi) is 7.69. The molecule has 7 heteroatoms. The van der Waals surface area contributed by atoms with Crippen LogP contribution in [-0.4, -0.2) is 42.4 Å². The van der Waals surface area contributed by atoms with Gasteiger partial charge in [0.25, 0.3) is 0 Å². The van der Waals surface area contributed by atoms with Crippen LogP contribution >= 0.6 is 23.2 Å². The number of anilines is 1. The minimum absolute atomic E-state index is 0.0278. The molecule has 0 unspecified atom stereocenters. The number of likely N-dealkylation sites (tertiary alicyclic amines) is 1. The van der Waals surface area contributed by atoms with Crippen molar-refractivity contribution in [1.82, 2.24) is 10.2 Å². The van der Waals surface area contributed by atoms with E-state index in [2.05, 4.69) is 15.5 Å². The van der Waals surface area contributed by atoms with Crippen LogP contribution in [0.2, 0.25) is 10.0 Å². The summed E-state index contributed by atoms with van der Waals surface area (Å²) in [5.41, 5.74) is 1.50. The zero-order chi connectivity index (χ0) is 20.6. The first-order valence-corrected chi connectivity index (χ1v) is 10.3. The summed E-state index contributed by atoms with van der Waals surface area (Å²) in [5, 5.41) is 6.79. The summed E-state index contributed by atoms with van der Waals surface area (Å²) >= 11 is 12.1. The standard InChI is InChI=1S/C22H23Cl2N3O2/c23-19-8-4-5-16(22(19)24)9-10-20(28)25-18-11-13-27(14-12-18)15-21(29)26-17-6-2-1-3-7-17/h1-10,18H,11-15H2,(H,25,28)(H,26,29)/b10-9+. The number of rotatable bonds is 6. The fourth-order valence-corrected chi connectivity index (χ4v) is 3.60. The third kappa shape index (κ3) is 6.60. The van der Waals surface area contributed by atoms with E-state index in [-0.39, 0.29) is 17.9 Å². The summed E-state index contributed by atoms with van der Waals surface area (Å²) in [6, 6.07) is 14.8. The van der Waals surface area contributed by atoms with Gasteiger partial charge in [0.2, 0.25) is 11.8 Å². The number of piperidine rings is 1. The molecule has 1 aliphatic heterocycles. The van der Waals surface area contributed by atoms with Crippen LogP contribution in [0, 0.1) is 0 Å². The van der Waals surface area contributed by atoms with Crippen LogP contribution in [-0.2, 0) is 9.59 Å². The first kappa shape index (κ1) is 21.4. The maximum Gasteiger partial charge on any atom is 0.244 e. The van der Waals surface area contributed by atoms with Crippen LogP contribution in [0.25, 0.3) is 6.08 Å². The Bertz CT molecular complexity index is 879. The van der Waals surface area contributed by atoms with Crippen molar-refractivity contribution in [2.45, 2.75) is 18.9 Å². The van der Waals surface area contributed by atoms with Gasteiger partial charge in [-0.3, -0.25) is 14.5 Å². The fraction of sp³-hybridized carbons (Fsp3) is 0.273. The Morgan fingerprint density at radius 2 is 1.76 bits per heavy atom. The third-order valence-corrected chi connectivity index (χ3v) is 5.59. The van der Waals surface area contributed by atoms with Crippen molar-refractivity contribution in [2.75, 3.05) is 25.0 Å². The van der Waals surface area contributed by atoms with Gasteiger partial charge in [-0.05, 0) is 42.7 Å². The van der Waals surface area contributed by atoms with Gasteiger partial charge in [-0.1, -0.05) is 53.5 Å². The highest BCUT2D eigenvalue weighted by atomic mass is 35.5. The summed E-state index contributed by atoms with van der Waals surface area (Å²) in [6.45, 7) is 1.87. The molecule has 2 aromatic rings. The van der Waals surface area contributed by atoms with Crippen LogP contribution in [0.4, 0.5) is 5.69 Å². The van der Waals surface area contributed by atoms with Crippen molar-refractivity contribution in [2.24, 2.45) is 0 Å². The maximum atomic E-state index is 12.2. The molecule has 2 amide bonds. The monoisotopic (exact) mass is 431 g/mol. The first-order valence-electron chi connectivity index (χ1n) is 9.51. The second-order valence-electron chi connectivity index (χ2n) is 6.95. The molecule has 0 saturated carbocycles. The molecule has 0 aliphatic carbocycles. The molecule has 5 nitrogen and oxygen atoms in total. The number of hydrogen-bond donors (Lipinski definition) is 2. The lowest BCUT2D eigenvalue weighted by molar-refractivity contribution is -0.119. The summed E-state index contributed by atoms with van der Waals surface area (Å²) in [6.07, 6.45) is 4.73. The average Bonchev–Trinajstić information content (AvgIpc) is 2.71. The normalized spacial score (nSPS) is 15.4. The van der Waals surface area contributed by atoms with E-state index in [1.165, 1.54) is 6.08 Å². The van der Waals surface area contributed by atoms with E-state index in [1.54, 1.807) is 24.3 Å². The Morgan fingerprint density at radius 1 is 1.03 bits per heavy atom. The summed E-state index contributed by atoms with van der Waals surface area (Å²) < 4.78 is 0. The van der Waals surface area contributed by atoms with E-state index < -0.39 is 0 Å². The van der Waals surface area contributed by atoms with Gasteiger partial charge in [0.05, 0.1) is 16.6 Å². The molecule has 152 valence electrons. The molecule has 1 aliphatic rings. The molecule has 1 fully saturated rings. The lowest BCUT2D eigenvalue weighted by Gasteiger charge is -2.31. The van der Waals surface area contributed by atoms with E-state index in [4.69, 9.17) is 23.2 Å². The van der Waals surface area contributed by atoms with Crippen LogP contribution < -0.4 is 10.6 Å². The van der Waals surface area contributed by atoms with E-state index in [1.807, 2.05) is 30.3 Å². The molecule has 0 aromatic heterocycles. The highest BCUT2D eigenvalue weighted by Gasteiger charge is 2.21. The molecule has 0 spiro atoms. The molecule has 0 atom stereocenters. The molecule has 1 saturated heterocycles. The Morgan fingerprint density at radius 3 is 2.48 bits per heavy atom. The van der Waals surface area contributed by atoms with Crippen molar-refractivity contribution < 1.29 is 9.59 Å². The lowest BCUT2D eigenvalue weighted by Crippen LogP contribution is -2.46. The Labute approximate surface area is 180 Å². The fourth-order valence-electron chi connectivity index (χ4n) is 3.22. The molecule has 0 bridgehead atoms. The van der Waals surface area contributed by atoms with Crippen molar-refractivity contribution in [3.8, 4) is 0 Å². The summed E-state index contributed by atoms with van der Waals surface area (Å²) in [5.74, 6) is -0.193. The number of amides is 2. The van der Waals surface area contributed by atoms with Crippen molar-refractivity contribution in [1.29, 1.82) is 0 Å². The zero-order valence-corrected chi connectivity index (χ0v) is 17.4. The highest BCUT2D eigenvalue weighted by Crippen LogP contribution is 2.26. The van der Waals surface area contributed by atoms with Gasteiger partial charge in [0.15, 0.2) is 0 Å². The van der Waals surface area contributed by atoms with Crippen molar-refractivity contribution in [3.05, 3.63) is 70.2 Å². The quantitative estimate of drug-likeness (QED) is 0.672. The molecule has 3 rings (SSSR count). The van der Waals surface area contributed by atoms with Crippen LogP contribution in [0.1, 0.15) is 18.4 Å². The number of halogens is 2. The summed E-state index contributed by atoms with van der Waals surface area (Å²) in [7, 11) is 0. The molecule has 2 N–H and O–H groups in total. The van der Waals surface area contributed by atoms with Gasteiger partial charge < -0.3 is 10.6 Å². The maximum absolute atomic E-state index is 12.2. The lowest BCUT2D eigenvalue weighted by atomic mass is 10.0. The van der Waals surface area contributed by atoms with Gasteiger partial charge >= 0.3 is 0 Å². The van der Waals surface area contributed by atoms with E-state index in [0.717, 1.165) is 31.6 Å². The molecular weight excluding hydrogens is 409 g/mol. The van der Waals surface area contributed by atoms with Gasteiger partial charge in [-0.2, -0.15) is 0 Å². The topological polar surface area (TPSA) is 61.4 Å². The summed E-state index contributed by atoms with van der Waals surface area (Å²) in [4.78, 5) is 26.5. The largest absolute Gasteiger partial charge is 0.350 e. The van der Waals surface area contributed by atoms with Crippen molar-refractivity contribution in [3.63, 3.8) is 0 Å². The first-order chi connectivity index (χ1) is 14.0. The number of para-hydroxylation sites is 1. The molecular formula is C22H23Cl2N3O2. The number of benzene rings is 2. The second-order valence-corrected chi connectivity index (χ2v) is 7.73. The van der Waals surface area contributed by atoms with Crippen LogP contribution in [0.3, 0.4) is 0 Å². The zero-order valence-electron chi connectivity index (χ0n) is 15.9. The Hall–Kier alpha value is -2.34. The molecule has 2 aromatic carbocycles. The van der Waals surface area contributed by atoms with Crippen molar-refractivity contribution >= 4 is 46.8 Å².